The van der Waals surface area contributed by atoms with E-state index in [-0.39, 0.29) is 18.2 Å². The molecule has 0 spiro atoms. The van der Waals surface area contributed by atoms with Crippen LogP contribution >= 0.6 is 0 Å². The number of para-hydroxylation sites is 5. The van der Waals surface area contributed by atoms with Crippen LogP contribution in [0.1, 0.15) is 28.9 Å². The average Bonchev–Trinajstić information content (AvgIpc) is 3.26. The molecule has 7 heteroatoms. The third-order valence-corrected chi connectivity index (χ3v) is 5.42. The minimum Gasteiger partial charge on any atom is -0.493 e. The molecule has 3 aromatic carbocycles. The van der Waals surface area contributed by atoms with Crippen LogP contribution in [0.15, 0.2) is 72.8 Å². The summed E-state index contributed by atoms with van der Waals surface area (Å²) in [7, 11) is 0. The lowest BCUT2D eigenvalue weighted by Gasteiger charge is -2.15. The Morgan fingerprint density at radius 3 is 2.58 bits per heavy atom. The summed E-state index contributed by atoms with van der Waals surface area (Å²) >= 11 is 0. The van der Waals surface area contributed by atoms with E-state index < -0.39 is 5.97 Å². The van der Waals surface area contributed by atoms with Crippen LogP contribution in [-0.4, -0.2) is 35.8 Å². The maximum absolute atomic E-state index is 13.1. The Kier molecular flexibility index (Phi) is 5.76. The maximum atomic E-state index is 13.1. The third kappa shape index (κ3) is 4.30. The van der Waals surface area contributed by atoms with Crippen molar-refractivity contribution in [2.75, 3.05) is 25.1 Å². The number of rotatable bonds is 7. The molecule has 1 aliphatic heterocycles. The number of benzene rings is 3. The van der Waals surface area contributed by atoms with E-state index in [0.29, 0.717) is 41.5 Å². The fourth-order valence-corrected chi connectivity index (χ4v) is 3.82. The van der Waals surface area contributed by atoms with Crippen molar-refractivity contribution in [2.45, 2.75) is 12.8 Å². The van der Waals surface area contributed by atoms with E-state index in [1.54, 1.807) is 0 Å². The van der Waals surface area contributed by atoms with Crippen LogP contribution in [0.5, 0.6) is 11.5 Å². The van der Waals surface area contributed by atoms with E-state index in [1.807, 2.05) is 79.7 Å². The van der Waals surface area contributed by atoms with Gasteiger partial charge < -0.3 is 19.5 Å². The monoisotopic (exact) mass is 441 g/mol. The Labute approximate surface area is 191 Å². The van der Waals surface area contributed by atoms with Crippen LogP contribution < -0.4 is 14.8 Å². The number of nitrogens with zero attached hydrogens (tertiary/aromatic N) is 2. The van der Waals surface area contributed by atoms with E-state index in [0.717, 1.165) is 11.3 Å². The molecule has 0 saturated carbocycles. The van der Waals surface area contributed by atoms with Crippen molar-refractivity contribution in [3.05, 3.63) is 84.1 Å². The Bertz CT molecular complexity index is 1310. The van der Waals surface area contributed by atoms with Crippen molar-refractivity contribution in [1.82, 2.24) is 9.97 Å². The first kappa shape index (κ1) is 20.8. The van der Waals surface area contributed by atoms with Crippen LogP contribution in [0.2, 0.25) is 0 Å². The van der Waals surface area contributed by atoms with Crippen molar-refractivity contribution in [1.29, 1.82) is 0 Å². The quantitative estimate of drug-likeness (QED) is 0.399. The number of nitrogens with one attached hydrogen (secondary N) is 1. The smallest absolute Gasteiger partial charge is 0.360 e. The number of carbonyl (C=O) groups is 1. The molecule has 4 aromatic rings. The van der Waals surface area contributed by atoms with Crippen molar-refractivity contribution < 1.29 is 19.0 Å². The van der Waals surface area contributed by atoms with Gasteiger partial charge in [-0.2, -0.15) is 0 Å². The molecule has 2 heterocycles. The topological polar surface area (TPSA) is 82.6 Å². The summed E-state index contributed by atoms with van der Waals surface area (Å²) < 4.78 is 17.1. The van der Waals surface area contributed by atoms with Gasteiger partial charge in [-0.1, -0.05) is 42.5 Å². The number of anilines is 2. The van der Waals surface area contributed by atoms with Gasteiger partial charge in [0.05, 0.1) is 35.9 Å². The number of hydrogen-bond acceptors (Lipinski definition) is 7. The van der Waals surface area contributed by atoms with Gasteiger partial charge in [0.15, 0.2) is 11.5 Å². The fraction of sp³-hybridized carbons (Fsp3) is 0.192. The largest absolute Gasteiger partial charge is 0.493 e. The molecule has 166 valence electrons. The molecule has 7 nitrogen and oxygen atoms in total. The van der Waals surface area contributed by atoms with E-state index in [2.05, 4.69) is 15.3 Å². The van der Waals surface area contributed by atoms with Gasteiger partial charge in [-0.25, -0.2) is 14.8 Å². The van der Waals surface area contributed by atoms with Crippen molar-refractivity contribution in [3.8, 4) is 11.5 Å². The highest BCUT2D eigenvalue weighted by Gasteiger charge is 2.26. The minimum absolute atomic E-state index is 0.0198. The second kappa shape index (κ2) is 9.16. The number of esters is 1. The maximum Gasteiger partial charge on any atom is 0.360 e. The first-order chi connectivity index (χ1) is 16.2. The van der Waals surface area contributed by atoms with Crippen LogP contribution in [-0.2, 0) is 4.74 Å². The molecule has 1 atom stereocenters. The van der Waals surface area contributed by atoms with Gasteiger partial charge in [0.1, 0.15) is 18.1 Å². The lowest BCUT2D eigenvalue weighted by molar-refractivity contribution is 0.0465. The molecule has 0 unspecified atom stereocenters. The molecule has 1 N–H and O–H groups in total. The number of aromatic nitrogens is 2. The van der Waals surface area contributed by atoms with Crippen LogP contribution in [0, 0.1) is 0 Å². The predicted octanol–water partition coefficient (Wildman–Crippen LogP) is 5.11. The van der Waals surface area contributed by atoms with Gasteiger partial charge in [0, 0.05) is 5.56 Å². The first-order valence-electron chi connectivity index (χ1n) is 10.9. The van der Waals surface area contributed by atoms with Crippen molar-refractivity contribution in [3.63, 3.8) is 0 Å². The summed E-state index contributed by atoms with van der Waals surface area (Å²) in [4.78, 5) is 22.4. The lowest BCUT2D eigenvalue weighted by Crippen LogP contribution is -2.17. The highest BCUT2D eigenvalue weighted by atomic mass is 16.5. The Morgan fingerprint density at radius 1 is 1.00 bits per heavy atom. The summed E-state index contributed by atoms with van der Waals surface area (Å²) in [5.74, 6) is 1.24. The number of ether oxygens (including phenoxy) is 3. The van der Waals surface area contributed by atoms with Gasteiger partial charge in [-0.3, -0.25) is 0 Å². The molecule has 0 radical (unpaired) electrons. The standard InChI is InChI=1S/C26H23N3O4/c1-2-31-23-14-8-6-12-21(23)29-25-24(27-19-10-4-5-11-20(19)28-25)26(30)33-16-17-15-32-22-13-7-3-9-18(17)22/h3-14,17H,2,15-16H2,1H3,(H,28,29)/t17-/m0/s1. The molecule has 0 saturated heterocycles. The molecule has 0 bridgehead atoms. The lowest BCUT2D eigenvalue weighted by atomic mass is 10.0. The number of hydrogen-bond donors (Lipinski definition) is 1. The zero-order chi connectivity index (χ0) is 22.6. The summed E-state index contributed by atoms with van der Waals surface area (Å²) in [5, 5.41) is 3.22. The van der Waals surface area contributed by atoms with E-state index in [9.17, 15) is 4.79 Å². The molecule has 1 aliphatic rings. The summed E-state index contributed by atoms with van der Waals surface area (Å²) in [6, 6.07) is 22.7. The molecular formula is C26H23N3O4. The van der Waals surface area contributed by atoms with Gasteiger partial charge in [-0.15, -0.1) is 0 Å². The third-order valence-electron chi connectivity index (χ3n) is 5.42. The van der Waals surface area contributed by atoms with Crippen LogP contribution in [0.4, 0.5) is 11.5 Å². The molecule has 5 rings (SSSR count). The predicted molar refractivity (Wildman–Crippen MR) is 125 cm³/mol. The zero-order valence-electron chi connectivity index (χ0n) is 18.2. The fourth-order valence-electron chi connectivity index (χ4n) is 3.82. The Hall–Kier alpha value is -4.13. The zero-order valence-corrected chi connectivity index (χ0v) is 18.2. The molecule has 0 amide bonds. The second-order valence-corrected chi connectivity index (χ2v) is 7.61. The molecule has 33 heavy (non-hydrogen) atoms. The molecule has 0 aliphatic carbocycles. The van der Waals surface area contributed by atoms with Crippen molar-refractivity contribution in [2.24, 2.45) is 0 Å². The molecule has 1 aromatic heterocycles. The number of fused-ring (bicyclic) bond motifs is 2. The Morgan fingerprint density at radius 2 is 1.73 bits per heavy atom. The highest BCUT2D eigenvalue weighted by molar-refractivity contribution is 5.96. The van der Waals surface area contributed by atoms with Gasteiger partial charge in [0.25, 0.3) is 0 Å². The summed E-state index contributed by atoms with van der Waals surface area (Å²) in [6.45, 7) is 3.10. The van der Waals surface area contributed by atoms with Crippen LogP contribution in [0.25, 0.3) is 11.0 Å². The molecule has 0 fully saturated rings. The SMILES string of the molecule is CCOc1ccccc1Nc1nc2ccccc2nc1C(=O)OC[C@@H]1COc2ccccc21. The highest BCUT2D eigenvalue weighted by Crippen LogP contribution is 2.34. The average molecular weight is 441 g/mol. The molecular weight excluding hydrogens is 418 g/mol. The van der Waals surface area contributed by atoms with E-state index >= 15 is 0 Å². The van der Waals surface area contributed by atoms with Gasteiger partial charge in [-0.05, 0) is 37.3 Å². The first-order valence-corrected chi connectivity index (χ1v) is 10.9. The van der Waals surface area contributed by atoms with E-state index in [1.165, 1.54) is 0 Å². The van der Waals surface area contributed by atoms with Crippen LogP contribution in [0.3, 0.4) is 0 Å². The van der Waals surface area contributed by atoms with E-state index in [4.69, 9.17) is 14.2 Å². The second-order valence-electron chi connectivity index (χ2n) is 7.61. The summed E-state index contributed by atoms with van der Waals surface area (Å²) in [6.07, 6.45) is 0. The minimum atomic E-state index is -0.547. The van der Waals surface area contributed by atoms with Crippen molar-refractivity contribution >= 4 is 28.5 Å². The Balaban J connectivity index is 1.43. The summed E-state index contributed by atoms with van der Waals surface area (Å²) in [5.41, 5.74) is 3.13. The van der Waals surface area contributed by atoms with Gasteiger partial charge in [0.2, 0.25) is 0 Å². The normalized spacial score (nSPS) is 14.4. The number of carbonyl (C=O) groups excluding carboxylic acids is 1. The van der Waals surface area contributed by atoms with Gasteiger partial charge >= 0.3 is 5.97 Å².